The van der Waals surface area contributed by atoms with Crippen LogP contribution < -0.4 is 5.32 Å². The van der Waals surface area contributed by atoms with Crippen molar-refractivity contribution in [2.45, 2.75) is 24.5 Å². The van der Waals surface area contributed by atoms with E-state index in [1.54, 1.807) is 12.1 Å². The Bertz CT molecular complexity index is 897. The number of benzene rings is 2. The number of piperidine rings is 1. The Labute approximate surface area is 158 Å². The van der Waals surface area contributed by atoms with E-state index in [2.05, 4.69) is 39.5 Å². The lowest BCUT2D eigenvalue weighted by molar-refractivity contribution is -0.0483. The van der Waals surface area contributed by atoms with Gasteiger partial charge in [-0.25, -0.2) is 4.39 Å². The Hall–Kier alpha value is -2.56. The number of rotatable bonds is 4. The summed E-state index contributed by atoms with van der Waals surface area (Å²) < 4.78 is 13.2. The van der Waals surface area contributed by atoms with Gasteiger partial charge in [-0.3, -0.25) is 9.88 Å². The van der Waals surface area contributed by atoms with Crippen molar-refractivity contribution in [1.82, 2.24) is 15.2 Å². The summed E-state index contributed by atoms with van der Waals surface area (Å²) in [6.45, 7) is 2.91. The van der Waals surface area contributed by atoms with Gasteiger partial charge in [-0.15, -0.1) is 0 Å². The fourth-order valence-corrected chi connectivity index (χ4v) is 4.60. The molecular formula is C23H22FN3. The van der Waals surface area contributed by atoms with E-state index in [4.69, 9.17) is 0 Å². The summed E-state index contributed by atoms with van der Waals surface area (Å²) in [5.41, 5.74) is 5.02. The molecule has 1 aromatic heterocycles. The van der Waals surface area contributed by atoms with Crippen LogP contribution >= 0.6 is 0 Å². The zero-order valence-electron chi connectivity index (χ0n) is 15.1. The van der Waals surface area contributed by atoms with Crippen LogP contribution in [0.2, 0.25) is 0 Å². The zero-order chi connectivity index (χ0) is 18.2. The number of nitrogens with one attached hydrogen (secondary N) is 1. The molecule has 0 amide bonds. The lowest BCUT2D eigenvalue weighted by Gasteiger charge is -2.59. The fraction of sp³-hybridized carbons (Fsp3) is 0.261. The molecule has 3 atom stereocenters. The topological polar surface area (TPSA) is 28.2 Å². The average molecular weight is 359 g/mol. The first-order chi connectivity index (χ1) is 13.3. The summed E-state index contributed by atoms with van der Waals surface area (Å²) >= 11 is 0. The summed E-state index contributed by atoms with van der Waals surface area (Å²) in [7, 11) is 0. The molecule has 2 fully saturated rings. The van der Waals surface area contributed by atoms with Crippen molar-refractivity contribution in [3.63, 3.8) is 0 Å². The van der Waals surface area contributed by atoms with Crippen LogP contribution in [0.5, 0.6) is 0 Å². The van der Waals surface area contributed by atoms with Gasteiger partial charge in [-0.2, -0.15) is 0 Å². The molecule has 2 bridgehead atoms. The molecule has 3 aromatic rings. The Morgan fingerprint density at radius 2 is 1.48 bits per heavy atom. The Morgan fingerprint density at radius 3 is 2.15 bits per heavy atom. The molecule has 4 heteroatoms. The zero-order valence-corrected chi connectivity index (χ0v) is 15.1. The van der Waals surface area contributed by atoms with Crippen molar-refractivity contribution in [3.8, 4) is 11.1 Å². The molecule has 3 heterocycles. The monoisotopic (exact) mass is 359 g/mol. The standard InChI is InChI=1S/C23H22FN3/c24-20-7-1-16(2-8-20)15-27-21-13-26-14-22(27)23(21)19-5-3-17(4-6-19)18-9-11-25-12-10-18/h1-12,21-23,26H,13-15H2/t21-,22+,23?. The Balaban J connectivity index is 1.33. The van der Waals surface area contributed by atoms with Crippen LogP contribution in [-0.4, -0.2) is 35.1 Å². The van der Waals surface area contributed by atoms with Crippen molar-refractivity contribution in [1.29, 1.82) is 0 Å². The van der Waals surface area contributed by atoms with Gasteiger partial charge in [0.2, 0.25) is 0 Å². The first-order valence-electron chi connectivity index (χ1n) is 9.51. The number of piperazine rings is 1. The number of aromatic nitrogens is 1. The van der Waals surface area contributed by atoms with E-state index >= 15 is 0 Å². The van der Waals surface area contributed by atoms with Gasteiger partial charge in [0.1, 0.15) is 5.82 Å². The first-order valence-corrected chi connectivity index (χ1v) is 9.51. The second kappa shape index (κ2) is 6.87. The summed E-state index contributed by atoms with van der Waals surface area (Å²) in [6, 6.07) is 21.0. The summed E-state index contributed by atoms with van der Waals surface area (Å²) in [5, 5.41) is 3.54. The van der Waals surface area contributed by atoms with Crippen molar-refractivity contribution in [3.05, 3.63) is 90.0 Å². The molecule has 2 aliphatic heterocycles. The predicted octanol–water partition coefficient (Wildman–Crippen LogP) is 3.83. The summed E-state index contributed by atoms with van der Waals surface area (Å²) in [5.74, 6) is 0.398. The number of halogens is 1. The third-order valence-corrected chi connectivity index (χ3v) is 5.98. The van der Waals surface area contributed by atoms with Crippen molar-refractivity contribution in [2.24, 2.45) is 0 Å². The molecule has 2 aromatic carbocycles. The molecule has 2 aliphatic rings. The Morgan fingerprint density at radius 1 is 0.852 bits per heavy atom. The van der Waals surface area contributed by atoms with Crippen LogP contribution in [0.25, 0.3) is 11.1 Å². The molecule has 1 unspecified atom stereocenters. The van der Waals surface area contributed by atoms with Gasteiger partial charge in [0.25, 0.3) is 0 Å². The van der Waals surface area contributed by atoms with E-state index < -0.39 is 0 Å². The molecule has 1 N–H and O–H groups in total. The minimum atomic E-state index is -0.170. The van der Waals surface area contributed by atoms with Crippen molar-refractivity contribution >= 4 is 0 Å². The predicted molar refractivity (Wildman–Crippen MR) is 105 cm³/mol. The maximum Gasteiger partial charge on any atom is 0.123 e. The molecule has 27 heavy (non-hydrogen) atoms. The summed E-state index contributed by atoms with van der Waals surface area (Å²) in [6.07, 6.45) is 3.66. The quantitative estimate of drug-likeness (QED) is 0.767. The van der Waals surface area contributed by atoms with E-state index in [1.165, 1.54) is 22.3 Å². The van der Waals surface area contributed by atoms with E-state index in [0.29, 0.717) is 18.0 Å². The van der Waals surface area contributed by atoms with E-state index in [1.807, 2.05) is 36.7 Å². The minimum absolute atomic E-state index is 0.170. The highest BCUT2D eigenvalue weighted by Crippen LogP contribution is 2.43. The fourth-order valence-electron chi connectivity index (χ4n) is 4.60. The largest absolute Gasteiger partial charge is 0.314 e. The van der Waals surface area contributed by atoms with Crippen LogP contribution in [-0.2, 0) is 6.54 Å². The normalized spacial score (nSPS) is 24.4. The van der Waals surface area contributed by atoms with Gasteiger partial charge in [-0.1, -0.05) is 36.4 Å². The van der Waals surface area contributed by atoms with Gasteiger partial charge >= 0.3 is 0 Å². The van der Waals surface area contributed by atoms with Gasteiger partial charge < -0.3 is 5.32 Å². The third-order valence-electron chi connectivity index (χ3n) is 5.98. The highest BCUT2D eigenvalue weighted by atomic mass is 19.1. The van der Waals surface area contributed by atoms with Crippen LogP contribution in [0, 0.1) is 5.82 Å². The van der Waals surface area contributed by atoms with Crippen LogP contribution in [0.1, 0.15) is 17.0 Å². The first kappa shape index (κ1) is 16.6. The minimum Gasteiger partial charge on any atom is -0.314 e. The molecule has 0 saturated carbocycles. The second-order valence-corrected chi connectivity index (χ2v) is 7.48. The number of pyridine rings is 1. The van der Waals surface area contributed by atoms with E-state index in [-0.39, 0.29) is 5.82 Å². The maximum absolute atomic E-state index is 13.2. The molecule has 0 spiro atoms. The van der Waals surface area contributed by atoms with Crippen LogP contribution in [0.3, 0.4) is 0 Å². The molecule has 2 saturated heterocycles. The molecule has 136 valence electrons. The van der Waals surface area contributed by atoms with Crippen molar-refractivity contribution < 1.29 is 4.39 Å². The average Bonchev–Trinajstić information content (AvgIpc) is 2.74. The highest BCUT2D eigenvalue weighted by molar-refractivity contribution is 5.63. The summed E-state index contributed by atoms with van der Waals surface area (Å²) in [4.78, 5) is 6.65. The SMILES string of the molecule is Fc1ccc(CN2[C@@H]3CNC[C@H]2C3c2ccc(-c3ccncc3)cc2)cc1. The number of nitrogens with zero attached hydrogens (tertiary/aromatic N) is 2. The highest BCUT2D eigenvalue weighted by Gasteiger charge is 2.50. The van der Waals surface area contributed by atoms with Gasteiger partial charge in [0, 0.05) is 50.0 Å². The van der Waals surface area contributed by atoms with E-state index in [9.17, 15) is 4.39 Å². The van der Waals surface area contributed by atoms with Gasteiger partial charge in [0.05, 0.1) is 0 Å². The number of hydrogen-bond acceptors (Lipinski definition) is 3. The maximum atomic E-state index is 13.2. The smallest absolute Gasteiger partial charge is 0.123 e. The van der Waals surface area contributed by atoms with Crippen LogP contribution in [0.4, 0.5) is 4.39 Å². The van der Waals surface area contributed by atoms with E-state index in [0.717, 1.165) is 19.6 Å². The molecule has 0 aliphatic carbocycles. The van der Waals surface area contributed by atoms with Gasteiger partial charge in [0.15, 0.2) is 0 Å². The molecule has 0 radical (unpaired) electrons. The molecule has 3 nitrogen and oxygen atoms in total. The number of fused-ring (bicyclic) bond motifs is 2. The molecular weight excluding hydrogens is 337 g/mol. The van der Waals surface area contributed by atoms with Gasteiger partial charge in [-0.05, 0) is 46.5 Å². The van der Waals surface area contributed by atoms with Crippen LogP contribution in [0.15, 0.2) is 73.1 Å². The van der Waals surface area contributed by atoms with Crippen molar-refractivity contribution in [2.75, 3.05) is 13.1 Å². The third kappa shape index (κ3) is 3.05. The second-order valence-electron chi connectivity index (χ2n) is 7.48. The Kier molecular flexibility index (Phi) is 4.23. The lowest BCUT2D eigenvalue weighted by atomic mass is 9.72. The molecule has 5 rings (SSSR count). The number of hydrogen-bond donors (Lipinski definition) is 1. The lowest BCUT2D eigenvalue weighted by Crippen LogP contribution is -2.72.